The smallest absolute Gasteiger partial charge is 0.153 e. The van der Waals surface area contributed by atoms with Crippen molar-refractivity contribution in [1.29, 1.82) is 0 Å². The molecular formula is C14H19N3O2. The molecule has 0 amide bonds. The van der Waals surface area contributed by atoms with Crippen molar-refractivity contribution in [3.05, 3.63) is 30.1 Å². The molecule has 5 nitrogen and oxygen atoms in total. The molecule has 1 N–H and O–H groups in total. The third-order valence-electron chi connectivity index (χ3n) is 3.55. The van der Waals surface area contributed by atoms with E-state index in [2.05, 4.69) is 9.88 Å². The summed E-state index contributed by atoms with van der Waals surface area (Å²) in [5.41, 5.74) is 1.74. The number of hydrogen-bond donors (Lipinski definition) is 1. The van der Waals surface area contributed by atoms with Crippen LogP contribution in [0.5, 0.6) is 0 Å². The fraction of sp³-hybridized carbons (Fsp3) is 0.500. The first kappa shape index (κ1) is 12.4. The fourth-order valence-corrected chi connectivity index (χ4v) is 2.45. The van der Waals surface area contributed by atoms with Gasteiger partial charge in [0.2, 0.25) is 0 Å². The van der Waals surface area contributed by atoms with Crippen molar-refractivity contribution in [3.63, 3.8) is 0 Å². The van der Waals surface area contributed by atoms with E-state index in [4.69, 9.17) is 4.74 Å². The van der Waals surface area contributed by atoms with Gasteiger partial charge in [-0.1, -0.05) is 6.07 Å². The summed E-state index contributed by atoms with van der Waals surface area (Å²) < 4.78 is 7.14. The van der Waals surface area contributed by atoms with Crippen LogP contribution in [0.25, 0.3) is 5.65 Å². The maximum absolute atomic E-state index is 9.66. The molecule has 0 atom stereocenters. The number of fused-ring (bicyclic) bond motifs is 1. The summed E-state index contributed by atoms with van der Waals surface area (Å²) in [5.74, 6) is 0.897. The summed E-state index contributed by atoms with van der Waals surface area (Å²) in [7, 11) is 1.71. The van der Waals surface area contributed by atoms with Gasteiger partial charge in [0.15, 0.2) is 5.82 Å². The van der Waals surface area contributed by atoms with Crippen molar-refractivity contribution >= 4 is 11.5 Å². The second-order valence-corrected chi connectivity index (χ2v) is 4.89. The molecule has 19 heavy (non-hydrogen) atoms. The fourth-order valence-electron chi connectivity index (χ4n) is 2.45. The van der Waals surface area contributed by atoms with Crippen molar-refractivity contribution in [2.75, 3.05) is 25.2 Å². The average Bonchev–Trinajstić information content (AvgIpc) is 3.20. The number of anilines is 1. The number of aliphatic hydroxyl groups is 1. The number of ether oxygens (including phenoxy) is 1. The molecule has 5 heteroatoms. The summed E-state index contributed by atoms with van der Waals surface area (Å²) >= 11 is 0. The second kappa shape index (κ2) is 5.19. The molecule has 1 fully saturated rings. The van der Waals surface area contributed by atoms with E-state index in [1.807, 2.05) is 28.8 Å². The van der Waals surface area contributed by atoms with E-state index in [0.717, 1.165) is 23.7 Å². The Morgan fingerprint density at radius 1 is 1.47 bits per heavy atom. The van der Waals surface area contributed by atoms with Crippen LogP contribution in [0.3, 0.4) is 0 Å². The molecule has 102 valence electrons. The largest absolute Gasteiger partial charge is 0.390 e. The highest BCUT2D eigenvalue weighted by molar-refractivity contribution is 5.57. The van der Waals surface area contributed by atoms with Crippen LogP contribution in [-0.2, 0) is 11.3 Å². The van der Waals surface area contributed by atoms with Gasteiger partial charge in [0.1, 0.15) is 5.65 Å². The number of imidazole rings is 1. The lowest BCUT2D eigenvalue weighted by molar-refractivity contribution is 0.204. The maximum atomic E-state index is 9.66. The molecule has 3 rings (SSSR count). The number of methoxy groups -OCH3 is 1. The van der Waals surface area contributed by atoms with E-state index in [1.54, 1.807) is 7.11 Å². The van der Waals surface area contributed by atoms with E-state index in [0.29, 0.717) is 12.6 Å². The first-order valence-electron chi connectivity index (χ1n) is 6.67. The summed E-state index contributed by atoms with van der Waals surface area (Å²) in [5, 5.41) is 9.66. The summed E-state index contributed by atoms with van der Waals surface area (Å²) in [4.78, 5) is 6.94. The molecule has 0 unspecified atom stereocenters. The van der Waals surface area contributed by atoms with Crippen molar-refractivity contribution < 1.29 is 9.84 Å². The molecule has 0 aromatic carbocycles. The Morgan fingerprint density at radius 3 is 3.00 bits per heavy atom. The average molecular weight is 261 g/mol. The predicted octanol–water partition coefficient (Wildman–Crippen LogP) is 1.44. The van der Waals surface area contributed by atoms with Gasteiger partial charge in [-0.25, -0.2) is 4.98 Å². The van der Waals surface area contributed by atoms with Crippen LogP contribution >= 0.6 is 0 Å². The quantitative estimate of drug-likeness (QED) is 0.855. The van der Waals surface area contributed by atoms with Gasteiger partial charge in [0.25, 0.3) is 0 Å². The normalized spacial score (nSPS) is 15.1. The van der Waals surface area contributed by atoms with Crippen LogP contribution in [0.2, 0.25) is 0 Å². The summed E-state index contributed by atoms with van der Waals surface area (Å²) in [6.07, 6.45) is 4.34. The van der Waals surface area contributed by atoms with Gasteiger partial charge in [0, 0.05) is 25.9 Å². The third-order valence-corrected chi connectivity index (χ3v) is 3.55. The van der Waals surface area contributed by atoms with Crippen molar-refractivity contribution in [2.24, 2.45) is 0 Å². The lowest BCUT2D eigenvalue weighted by Gasteiger charge is -2.22. The highest BCUT2D eigenvalue weighted by Gasteiger charge is 2.32. The third kappa shape index (κ3) is 2.31. The van der Waals surface area contributed by atoms with Crippen LogP contribution in [0.15, 0.2) is 24.4 Å². The molecule has 2 heterocycles. The zero-order valence-electron chi connectivity index (χ0n) is 11.1. The highest BCUT2D eigenvalue weighted by Crippen LogP contribution is 2.33. The Bertz CT molecular complexity index is 563. The van der Waals surface area contributed by atoms with E-state index < -0.39 is 0 Å². The van der Waals surface area contributed by atoms with Gasteiger partial charge >= 0.3 is 0 Å². The first-order chi connectivity index (χ1) is 9.35. The minimum atomic E-state index is -0.00326. The Kier molecular flexibility index (Phi) is 3.40. The topological polar surface area (TPSA) is 50.0 Å². The maximum Gasteiger partial charge on any atom is 0.153 e. The van der Waals surface area contributed by atoms with Gasteiger partial charge in [0.05, 0.1) is 18.9 Å². The molecule has 0 spiro atoms. The Labute approximate surface area is 112 Å². The standard InChI is InChI=1S/C14H19N3O2/c1-19-9-8-16(11-5-6-11)14-12(10-18)17-7-3-2-4-13(17)15-14/h2-4,7,11,18H,5-6,8-10H2,1H3. The van der Waals surface area contributed by atoms with Crippen molar-refractivity contribution in [2.45, 2.75) is 25.5 Å². The van der Waals surface area contributed by atoms with E-state index in [9.17, 15) is 5.11 Å². The number of hydrogen-bond acceptors (Lipinski definition) is 4. The molecule has 2 aromatic rings. The molecule has 2 aromatic heterocycles. The molecule has 1 aliphatic rings. The highest BCUT2D eigenvalue weighted by atomic mass is 16.5. The zero-order chi connectivity index (χ0) is 13.2. The Balaban J connectivity index is 2.01. The van der Waals surface area contributed by atoms with Gasteiger partial charge in [-0.2, -0.15) is 0 Å². The number of aromatic nitrogens is 2. The number of rotatable bonds is 6. The summed E-state index contributed by atoms with van der Waals surface area (Å²) in [6.45, 7) is 1.49. The monoisotopic (exact) mass is 261 g/mol. The number of aliphatic hydroxyl groups excluding tert-OH is 1. The SMILES string of the molecule is COCCN(c1nc2ccccn2c1CO)C1CC1. The minimum absolute atomic E-state index is 0.00326. The van der Waals surface area contributed by atoms with Crippen LogP contribution in [0, 0.1) is 0 Å². The van der Waals surface area contributed by atoms with Crippen LogP contribution in [-0.4, -0.2) is 40.8 Å². The number of nitrogens with zero attached hydrogens (tertiary/aromatic N) is 3. The molecule has 1 saturated carbocycles. The molecule has 0 saturated heterocycles. The van der Waals surface area contributed by atoms with E-state index >= 15 is 0 Å². The van der Waals surface area contributed by atoms with Gasteiger partial charge in [-0.05, 0) is 25.0 Å². The van der Waals surface area contributed by atoms with Crippen LogP contribution in [0.1, 0.15) is 18.5 Å². The molecule has 0 aliphatic heterocycles. The van der Waals surface area contributed by atoms with Crippen LogP contribution in [0.4, 0.5) is 5.82 Å². The zero-order valence-corrected chi connectivity index (χ0v) is 11.1. The lowest BCUT2D eigenvalue weighted by atomic mass is 10.3. The minimum Gasteiger partial charge on any atom is -0.390 e. The molecule has 0 bridgehead atoms. The van der Waals surface area contributed by atoms with Crippen molar-refractivity contribution in [1.82, 2.24) is 9.38 Å². The molecular weight excluding hydrogens is 242 g/mol. The van der Waals surface area contributed by atoms with E-state index in [1.165, 1.54) is 12.8 Å². The van der Waals surface area contributed by atoms with Crippen molar-refractivity contribution in [3.8, 4) is 0 Å². The lowest BCUT2D eigenvalue weighted by Crippen LogP contribution is -2.30. The van der Waals surface area contributed by atoms with E-state index in [-0.39, 0.29) is 6.61 Å². The predicted molar refractivity (Wildman–Crippen MR) is 73.4 cm³/mol. The van der Waals surface area contributed by atoms with Gasteiger partial charge in [-0.15, -0.1) is 0 Å². The molecule has 1 aliphatic carbocycles. The van der Waals surface area contributed by atoms with Gasteiger partial charge in [-0.3, -0.25) is 4.40 Å². The first-order valence-corrected chi connectivity index (χ1v) is 6.67. The summed E-state index contributed by atoms with van der Waals surface area (Å²) in [6, 6.07) is 6.42. The second-order valence-electron chi connectivity index (χ2n) is 4.89. The Hall–Kier alpha value is -1.59. The Morgan fingerprint density at radius 2 is 2.32 bits per heavy atom. The molecule has 0 radical (unpaired) electrons. The van der Waals surface area contributed by atoms with Gasteiger partial charge < -0.3 is 14.7 Å². The van der Waals surface area contributed by atoms with Crippen LogP contribution < -0.4 is 4.90 Å². The number of pyridine rings is 1.